The number of fused-ring (bicyclic) bond motifs is 2. The van der Waals surface area contributed by atoms with Gasteiger partial charge in [0.25, 0.3) is 5.91 Å². The van der Waals surface area contributed by atoms with E-state index in [1.54, 1.807) is 25.1 Å². The predicted molar refractivity (Wildman–Crippen MR) is 79.0 cm³/mol. The lowest BCUT2D eigenvalue weighted by atomic mass is 10.1. The molecule has 2 heterocycles. The van der Waals surface area contributed by atoms with Gasteiger partial charge in [0.1, 0.15) is 0 Å². The van der Waals surface area contributed by atoms with Gasteiger partial charge < -0.3 is 20.3 Å². The Morgan fingerprint density at radius 2 is 1.95 bits per heavy atom. The van der Waals surface area contributed by atoms with E-state index in [4.69, 9.17) is 10.5 Å². The van der Waals surface area contributed by atoms with Crippen molar-refractivity contribution in [3.05, 3.63) is 23.8 Å². The molecule has 108 valence electrons. The summed E-state index contributed by atoms with van der Waals surface area (Å²) in [5.74, 6) is -0.0229. The highest BCUT2D eigenvalue weighted by Gasteiger charge is 2.34. The van der Waals surface area contributed by atoms with Gasteiger partial charge in [-0.2, -0.15) is 0 Å². The number of hydrogen-bond donors (Lipinski definition) is 1. The maximum absolute atomic E-state index is 11.9. The minimum absolute atomic E-state index is 0.0229. The number of amides is 1. The van der Waals surface area contributed by atoms with Crippen molar-refractivity contribution in [1.82, 2.24) is 4.90 Å². The van der Waals surface area contributed by atoms with Gasteiger partial charge in [0.15, 0.2) is 0 Å². The lowest BCUT2D eigenvalue weighted by Gasteiger charge is -2.34. The molecule has 2 bridgehead atoms. The predicted octanol–water partition coefficient (Wildman–Crippen LogP) is 1.34. The van der Waals surface area contributed by atoms with Crippen LogP contribution in [0.1, 0.15) is 23.2 Å². The Morgan fingerprint density at radius 1 is 1.30 bits per heavy atom. The summed E-state index contributed by atoms with van der Waals surface area (Å²) in [6.45, 7) is 1.78. The minimum Gasteiger partial charge on any atom is -0.397 e. The van der Waals surface area contributed by atoms with Gasteiger partial charge in [-0.3, -0.25) is 4.79 Å². The van der Waals surface area contributed by atoms with Crippen molar-refractivity contribution >= 4 is 17.3 Å². The van der Waals surface area contributed by atoms with Crippen LogP contribution in [0, 0.1) is 0 Å². The normalized spacial score (nSPS) is 24.8. The number of nitrogens with zero attached hydrogens (tertiary/aromatic N) is 2. The summed E-state index contributed by atoms with van der Waals surface area (Å²) in [6, 6.07) is 5.58. The summed E-state index contributed by atoms with van der Waals surface area (Å²) in [5, 5.41) is 0. The van der Waals surface area contributed by atoms with Crippen LogP contribution in [0.15, 0.2) is 18.2 Å². The first kappa shape index (κ1) is 13.2. The lowest BCUT2D eigenvalue weighted by Crippen LogP contribution is -2.42. The van der Waals surface area contributed by atoms with E-state index in [0.29, 0.717) is 23.5 Å². The fourth-order valence-electron chi connectivity index (χ4n) is 3.05. The average Bonchev–Trinajstić information content (AvgIpc) is 2.76. The van der Waals surface area contributed by atoms with E-state index in [-0.39, 0.29) is 5.91 Å². The number of ether oxygens (including phenoxy) is 1. The van der Waals surface area contributed by atoms with Crippen molar-refractivity contribution in [2.45, 2.75) is 25.0 Å². The van der Waals surface area contributed by atoms with Gasteiger partial charge in [-0.05, 0) is 31.0 Å². The molecular weight excluding hydrogens is 254 g/mol. The number of hydrogen-bond acceptors (Lipinski definition) is 4. The van der Waals surface area contributed by atoms with Gasteiger partial charge in [0.2, 0.25) is 0 Å². The van der Waals surface area contributed by atoms with Crippen LogP contribution in [0.25, 0.3) is 0 Å². The molecule has 1 amide bonds. The minimum atomic E-state index is -0.0229. The van der Waals surface area contributed by atoms with Crippen LogP contribution in [0.3, 0.4) is 0 Å². The van der Waals surface area contributed by atoms with Gasteiger partial charge in [-0.15, -0.1) is 0 Å². The standard InChI is InChI=1S/C15H21N3O2/c1-17(2)15(19)10-3-6-14(13(16)7-10)18-8-11-4-5-12(9-18)20-11/h3,6-7,11-12H,4-5,8-9,16H2,1-2H3. The van der Waals surface area contributed by atoms with Crippen molar-refractivity contribution in [2.75, 3.05) is 37.8 Å². The molecule has 0 saturated carbocycles. The highest BCUT2D eigenvalue weighted by Crippen LogP contribution is 2.32. The highest BCUT2D eigenvalue weighted by molar-refractivity contribution is 5.95. The summed E-state index contributed by atoms with van der Waals surface area (Å²) in [6.07, 6.45) is 2.93. The molecule has 0 spiro atoms. The number of carbonyl (C=O) groups excluding carboxylic acids is 1. The number of nitrogens with two attached hydrogens (primary N) is 1. The van der Waals surface area contributed by atoms with E-state index < -0.39 is 0 Å². The molecule has 2 fully saturated rings. The topological polar surface area (TPSA) is 58.8 Å². The molecule has 2 N–H and O–H groups in total. The van der Waals surface area contributed by atoms with Crippen LogP contribution in [0.2, 0.25) is 0 Å². The highest BCUT2D eigenvalue weighted by atomic mass is 16.5. The first-order chi connectivity index (χ1) is 9.54. The second-order valence-electron chi connectivity index (χ2n) is 5.84. The van der Waals surface area contributed by atoms with Crippen molar-refractivity contribution < 1.29 is 9.53 Å². The molecule has 1 aromatic carbocycles. The molecule has 2 aliphatic heterocycles. The Hall–Kier alpha value is -1.75. The van der Waals surface area contributed by atoms with Gasteiger partial charge in [0.05, 0.1) is 23.6 Å². The molecule has 0 aromatic heterocycles. The molecular formula is C15H21N3O2. The van der Waals surface area contributed by atoms with Gasteiger partial charge in [0, 0.05) is 32.7 Å². The smallest absolute Gasteiger partial charge is 0.253 e. The van der Waals surface area contributed by atoms with Crippen molar-refractivity contribution in [3.63, 3.8) is 0 Å². The van der Waals surface area contributed by atoms with E-state index in [0.717, 1.165) is 31.6 Å². The van der Waals surface area contributed by atoms with E-state index in [1.165, 1.54) is 0 Å². The summed E-state index contributed by atoms with van der Waals surface area (Å²) in [4.78, 5) is 15.8. The number of anilines is 2. The Bertz CT molecular complexity index is 518. The third kappa shape index (κ3) is 2.33. The molecule has 2 aliphatic rings. The molecule has 5 heteroatoms. The molecule has 5 nitrogen and oxygen atoms in total. The van der Waals surface area contributed by atoms with Crippen LogP contribution in [0.4, 0.5) is 11.4 Å². The molecule has 20 heavy (non-hydrogen) atoms. The lowest BCUT2D eigenvalue weighted by molar-refractivity contribution is 0.0305. The number of morpholine rings is 1. The third-order valence-corrected chi connectivity index (χ3v) is 4.06. The number of benzene rings is 1. The Kier molecular flexibility index (Phi) is 3.30. The molecule has 1 aromatic rings. The molecule has 0 aliphatic carbocycles. The fourth-order valence-corrected chi connectivity index (χ4v) is 3.05. The molecule has 2 saturated heterocycles. The zero-order chi connectivity index (χ0) is 14.3. The van der Waals surface area contributed by atoms with Crippen molar-refractivity contribution in [2.24, 2.45) is 0 Å². The van der Waals surface area contributed by atoms with Crippen LogP contribution in [-0.2, 0) is 4.74 Å². The zero-order valence-corrected chi connectivity index (χ0v) is 12.0. The quantitative estimate of drug-likeness (QED) is 0.827. The van der Waals surface area contributed by atoms with E-state index in [2.05, 4.69) is 4.90 Å². The maximum Gasteiger partial charge on any atom is 0.253 e. The number of rotatable bonds is 2. The van der Waals surface area contributed by atoms with Crippen LogP contribution in [-0.4, -0.2) is 50.2 Å². The van der Waals surface area contributed by atoms with Gasteiger partial charge in [-0.1, -0.05) is 0 Å². The van der Waals surface area contributed by atoms with Crippen molar-refractivity contribution in [1.29, 1.82) is 0 Å². The molecule has 2 unspecified atom stereocenters. The van der Waals surface area contributed by atoms with Crippen LogP contribution < -0.4 is 10.6 Å². The Balaban J connectivity index is 1.82. The zero-order valence-electron chi connectivity index (χ0n) is 12.0. The van der Waals surface area contributed by atoms with E-state index >= 15 is 0 Å². The first-order valence-corrected chi connectivity index (χ1v) is 7.06. The second-order valence-corrected chi connectivity index (χ2v) is 5.84. The number of carbonyl (C=O) groups is 1. The Morgan fingerprint density at radius 3 is 2.50 bits per heavy atom. The third-order valence-electron chi connectivity index (χ3n) is 4.06. The van der Waals surface area contributed by atoms with Gasteiger partial charge >= 0.3 is 0 Å². The number of nitrogen functional groups attached to an aromatic ring is 1. The van der Waals surface area contributed by atoms with Gasteiger partial charge in [-0.25, -0.2) is 0 Å². The second kappa shape index (κ2) is 4.98. The fraction of sp³-hybridized carbons (Fsp3) is 0.533. The maximum atomic E-state index is 11.9. The summed E-state index contributed by atoms with van der Waals surface area (Å²) in [7, 11) is 3.48. The van der Waals surface area contributed by atoms with Crippen LogP contribution in [0.5, 0.6) is 0 Å². The van der Waals surface area contributed by atoms with E-state index in [9.17, 15) is 4.79 Å². The van der Waals surface area contributed by atoms with Crippen molar-refractivity contribution in [3.8, 4) is 0 Å². The summed E-state index contributed by atoms with van der Waals surface area (Å²) in [5.41, 5.74) is 8.46. The SMILES string of the molecule is CN(C)C(=O)c1ccc(N2CC3CCC(C2)O3)c(N)c1. The largest absolute Gasteiger partial charge is 0.397 e. The van der Waals surface area contributed by atoms with E-state index in [1.807, 2.05) is 12.1 Å². The van der Waals surface area contributed by atoms with Crippen LogP contribution >= 0.6 is 0 Å². The first-order valence-electron chi connectivity index (χ1n) is 7.06. The molecule has 3 rings (SSSR count). The summed E-state index contributed by atoms with van der Waals surface area (Å²) >= 11 is 0. The molecule has 0 radical (unpaired) electrons. The Labute approximate surface area is 119 Å². The monoisotopic (exact) mass is 275 g/mol. The summed E-state index contributed by atoms with van der Waals surface area (Å²) < 4.78 is 5.84. The molecule has 2 atom stereocenters. The average molecular weight is 275 g/mol.